The number of benzene rings is 5. The van der Waals surface area contributed by atoms with Gasteiger partial charge in [-0.3, -0.25) is 9.69 Å². The Hall–Kier alpha value is -6.22. The van der Waals surface area contributed by atoms with Crippen LogP contribution in [0.3, 0.4) is 0 Å². The van der Waals surface area contributed by atoms with E-state index in [0.29, 0.717) is 39.5 Å². The minimum atomic E-state index is -1.04. The van der Waals surface area contributed by atoms with Crippen LogP contribution in [-0.2, 0) is 45.1 Å². The highest BCUT2D eigenvalue weighted by atomic mass is 35.5. The van der Waals surface area contributed by atoms with Gasteiger partial charge in [-0.25, -0.2) is 9.59 Å². The molecule has 0 aliphatic carbocycles. The molecule has 0 bridgehead atoms. The molecule has 0 radical (unpaired) electrons. The van der Waals surface area contributed by atoms with E-state index < -0.39 is 41.8 Å². The molecule has 5 aromatic carbocycles. The van der Waals surface area contributed by atoms with Gasteiger partial charge in [-0.2, -0.15) is 5.26 Å². The molecule has 1 unspecified atom stereocenters. The van der Waals surface area contributed by atoms with Crippen LogP contribution in [0, 0.1) is 11.3 Å². The monoisotopic (exact) mass is 847 g/mol. The Morgan fingerprint density at radius 3 is 2.18 bits per heavy atom. The first-order valence-corrected chi connectivity index (χ1v) is 20.1. The molecule has 2 aliphatic heterocycles. The number of halogens is 2. The summed E-state index contributed by atoms with van der Waals surface area (Å²) in [5, 5.41) is 12.9. The van der Waals surface area contributed by atoms with Crippen LogP contribution in [0.4, 0.5) is 4.79 Å². The quantitative estimate of drug-likeness (QED) is 0.137. The fourth-order valence-electron chi connectivity index (χ4n) is 7.05. The minimum absolute atomic E-state index is 0.0498. The molecule has 1 N–H and O–H groups in total. The number of rotatable bonds is 10. The van der Waals surface area contributed by atoms with Crippen molar-refractivity contribution in [3.63, 3.8) is 0 Å². The highest BCUT2D eigenvalue weighted by molar-refractivity contribution is 6.42. The summed E-state index contributed by atoms with van der Waals surface area (Å²) in [5.74, 6) is 0.542. The van der Waals surface area contributed by atoms with Gasteiger partial charge in [0.25, 0.3) is 0 Å². The van der Waals surface area contributed by atoms with E-state index >= 15 is 0 Å². The molecule has 2 amide bonds. The van der Waals surface area contributed by atoms with Crippen LogP contribution in [0.15, 0.2) is 103 Å². The van der Waals surface area contributed by atoms with E-state index in [0.717, 1.165) is 38.9 Å². The zero-order valence-electron chi connectivity index (χ0n) is 33.5. The second-order valence-electron chi connectivity index (χ2n) is 15.6. The first-order valence-electron chi connectivity index (χ1n) is 19.4. The third-order valence-electron chi connectivity index (χ3n) is 10.2. The van der Waals surface area contributed by atoms with Gasteiger partial charge < -0.3 is 29.0 Å². The molecule has 2 aliphatic rings. The fourth-order valence-corrected chi connectivity index (χ4v) is 7.37. The highest BCUT2D eigenvalue weighted by Gasteiger charge is 2.40. The van der Waals surface area contributed by atoms with E-state index in [-0.39, 0.29) is 26.0 Å². The van der Waals surface area contributed by atoms with Gasteiger partial charge in [-0.15, -0.1) is 0 Å². The minimum Gasteiger partial charge on any atom is -0.489 e. The number of nitrogens with zero attached hydrogens (tertiary/aromatic N) is 2. The molecular formula is C47H43Cl2N3O8. The van der Waals surface area contributed by atoms with Crippen molar-refractivity contribution in [1.29, 1.82) is 5.26 Å². The number of ether oxygens (including phenoxy) is 5. The average Bonchev–Trinajstić information content (AvgIpc) is 3.24. The molecule has 308 valence electrons. The smallest absolute Gasteiger partial charge is 0.411 e. The van der Waals surface area contributed by atoms with Gasteiger partial charge in [0.05, 0.1) is 35.3 Å². The predicted octanol–water partition coefficient (Wildman–Crippen LogP) is 9.19. The van der Waals surface area contributed by atoms with E-state index in [2.05, 4.69) is 11.4 Å². The van der Waals surface area contributed by atoms with Gasteiger partial charge in [0, 0.05) is 12.8 Å². The molecule has 0 fully saturated rings. The van der Waals surface area contributed by atoms with E-state index in [4.69, 9.17) is 52.1 Å². The number of methoxy groups -OCH3 is 1. The van der Waals surface area contributed by atoms with Crippen LogP contribution in [0.5, 0.6) is 17.2 Å². The largest absolute Gasteiger partial charge is 0.489 e. The van der Waals surface area contributed by atoms with E-state index in [1.54, 1.807) is 45.0 Å². The van der Waals surface area contributed by atoms with Crippen molar-refractivity contribution in [1.82, 2.24) is 10.2 Å². The first kappa shape index (κ1) is 41.9. The third-order valence-corrected chi connectivity index (χ3v) is 10.9. The van der Waals surface area contributed by atoms with Crippen molar-refractivity contribution in [3.8, 4) is 34.4 Å². The normalized spacial score (nSPS) is 16.1. The summed E-state index contributed by atoms with van der Waals surface area (Å²) in [6, 6.07) is 31.5. The molecule has 3 atom stereocenters. The molecule has 0 aromatic heterocycles. The molecule has 60 heavy (non-hydrogen) atoms. The summed E-state index contributed by atoms with van der Waals surface area (Å²) < 4.78 is 29.5. The van der Waals surface area contributed by atoms with E-state index in [1.165, 1.54) is 12.0 Å². The van der Waals surface area contributed by atoms with Gasteiger partial charge in [-0.05, 0) is 108 Å². The summed E-state index contributed by atoms with van der Waals surface area (Å²) in [6.07, 6.45) is -0.797. The number of carbonyl (C=O) groups excluding carboxylic acids is 3. The molecule has 13 heteroatoms. The second kappa shape index (κ2) is 18.0. The van der Waals surface area contributed by atoms with Crippen molar-refractivity contribution < 1.29 is 38.1 Å². The Morgan fingerprint density at radius 1 is 0.867 bits per heavy atom. The SMILES string of the molecule is COC(=O)[C@@H](Cc1ccc(-c2ccc(C#N)cc2)cc1)NC(=O)C1Cc2cc3c(cc2CN1C(=O)OC(C)(C)C)O[C@@H](c1ccc(OCc2ccc(Cl)c(Cl)c2)cc1)CO3. The van der Waals surface area contributed by atoms with Crippen molar-refractivity contribution in [2.45, 2.75) is 70.6 Å². The van der Waals surface area contributed by atoms with Crippen molar-refractivity contribution >= 4 is 41.2 Å². The van der Waals surface area contributed by atoms with Crippen LogP contribution in [0.1, 0.15) is 60.3 Å². The summed E-state index contributed by atoms with van der Waals surface area (Å²) in [6.45, 7) is 5.89. The van der Waals surface area contributed by atoms with Gasteiger partial charge in [0.2, 0.25) is 5.91 Å². The fraction of sp³-hybridized carbons (Fsp3) is 0.277. The van der Waals surface area contributed by atoms with Crippen LogP contribution in [0.25, 0.3) is 11.1 Å². The van der Waals surface area contributed by atoms with Crippen LogP contribution >= 0.6 is 23.2 Å². The Labute approximate surface area is 358 Å². The first-order chi connectivity index (χ1) is 28.8. The lowest BCUT2D eigenvalue weighted by Gasteiger charge is -2.38. The summed E-state index contributed by atoms with van der Waals surface area (Å²) in [5.41, 5.74) is 5.73. The van der Waals surface area contributed by atoms with Crippen molar-refractivity contribution in [2.24, 2.45) is 0 Å². The summed E-state index contributed by atoms with van der Waals surface area (Å²) in [7, 11) is 1.26. The van der Waals surface area contributed by atoms with Crippen LogP contribution in [-0.4, -0.2) is 54.3 Å². The lowest BCUT2D eigenvalue weighted by atomic mass is 9.92. The molecule has 0 saturated heterocycles. The van der Waals surface area contributed by atoms with E-state index in [1.807, 2.05) is 78.9 Å². The Kier molecular flexibility index (Phi) is 12.5. The lowest BCUT2D eigenvalue weighted by Crippen LogP contribution is -2.56. The number of hydrogen-bond acceptors (Lipinski definition) is 9. The number of nitrogens with one attached hydrogen (secondary N) is 1. The Balaban J connectivity index is 1.05. The van der Waals surface area contributed by atoms with E-state index in [9.17, 15) is 14.4 Å². The predicted molar refractivity (Wildman–Crippen MR) is 226 cm³/mol. The number of amides is 2. The van der Waals surface area contributed by atoms with Crippen LogP contribution < -0.4 is 19.5 Å². The van der Waals surface area contributed by atoms with Gasteiger partial charge in [-0.1, -0.05) is 77.8 Å². The number of carbonyl (C=O) groups is 3. The number of esters is 1. The number of nitriles is 1. The second-order valence-corrected chi connectivity index (χ2v) is 16.4. The highest BCUT2D eigenvalue weighted by Crippen LogP contribution is 2.41. The maximum atomic E-state index is 14.2. The molecule has 11 nitrogen and oxygen atoms in total. The molecule has 0 saturated carbocycles. The third kappa shape index (κ3) is 9.96. The maximum absolute atomic E-state index is 14.2. The molecule has 2 heterocycles. The molecular weight excluding hydrogens is 805 g/mol. The lowest BCUT2D eigenvalue weighted by molar-refractivity contribution is -0.145. The summed E-state index contributed by atoms with van der Waals surface area (Å²) >= 11 is 12.2. The topological polar surface area (TPSA) is 136 Å². The number of fused-ring (bicyclic) bond motifs is 2. The number of hydrogen-bond donors (Lipinski definition) is 1. The molecule has 7 rings (SSSR count). The van der Waals surface area contributed by atoms with Gasteiger partial charge >= 0.3 is 12.1 Å². The Morgan fingerprint density at radius 2 is 1.53 bits per heavy atom. The summed E-state index contributed by atoms with van der Waals surface area (Å²) in [4.78, 5) is 42.4. The zero-order valence-corrected chi connectivity index (χ0v) is 35.0. The van der Waals surface area contributed by atoms with Crippen molar-refractivity contribution in [2.75, 3.05) is 13.7 Å². The molecule has 5 aromatic rings. The average molecular weight is 849 g/mol. The van der Waals surface area contributed by atoms with Crippen LogP contribution in [0.2, 0.25) is 10.0 Å². The molecule has 0 spiro atoms. The van der Waals surface area contributed by atoms with Crippen molar-refractivity contribution in [3.05, 3.63) is 147 Å². The van der Waals surface area contributed by atoms with Gasteiger partial charge in [0.1, 0.15) is 36.6 Å². The Bertz CT molecular complexity index is 2430. The zero-order chi connectivity index (χ0) is 42.6. The van der Waals surface area contributed by atoms with Gasteiger partial charge in [0.15, 0.2) is 17.6 Å². The maximum Gasteiger partial charge on any atom is 0.411 e. The standard InChI is InChI=1S/C47H43Cl2N3O8/c1-47(2,3)60-46(55)52-25-35-23-42-41(58-27-43(59-42)33-14-16-36(17-15-33)57-26-30-9-18-37(48)38(49)19-30)22-34(35)21-40(52)44(53)51-39(45(54)56-4)20-28-5-10-31(11-6-28)32-12-7-29(24-50)8-13-32/h5-19,22-23,39-40,43H,20-21,25-27H2,1-4H3,(H,51,53)/t39-,40?,43-/m1/s1.